The largest absolute Gasteiger partial charge is 0.384 e. The molecule has 5 heteroatoms. The van der Waals surface area contributed by atoms with E-state index in [1.807, 2.05) is 11.9 Å². The number of likely N-dealkylation sites (N-methyl/N-ethyl adjacent to an activating group) is 1. The molecule has 0 aromatic rings. The van der Waals surface area contributed by atoms with Gasteiger partial charge in [0.05, 0.1) is 25.7 Å². The third-order valence-electron chi connectivity index (χ3n) is 4.00. The third kappa shape index (κ3) is 3.02. The summed E-state index contributed by atoms with van der Waals surface area (Å²) >= 11 is 0. The molecule has 0 spiro atoms. The Morgan fingerprint density at radius 3 is 3.06 bits per heavy atom. The monoisotopic (exact) mass is 256 g/mol. The van der Waals surface area contributed by atoms with Crippen LogP contribution in [0, 0.1) is 11.8 Å². The summed E-state index contributed by atoms with van der Waals surface area (Å²) in [5, 5.41) is 3.17. The first kappa shape index (κ1) is 13.8. The lowest BCUT2D eigenvalue weighted by atomic mass is 9.95. The van der Waals surface area contributed by atoms with Crippen LogP contribution in [0.1, 0.15) is 12.8 Å². The molecule has 5 nitrogen and oxygen atoms in total. The minimum atomic E-state index is -0.0173. The summed E-state index contributed by atoms with van der Waals surface area (Å²) in [6.07, 6.45) is 2.24. The standard InChI is InChI=1S/C13H24N2O3/c1-14-12-9-18-8-11(12)13(16)15-5-3-4-10(6-15)7-17-2/h10-12,14H,3-9H2,1-2H3. The number of nitrogens with zero attached hydrogens (tertiary/aromatic N) is 1. The molecule has 3 atom stereocenters. The highest BCUT2D eigenvalue weighted by Gasteiger charge is 2.37. The Morgan fingerprint density at radius 1 is 1.50 bits per heavy atom. The Kier molecular flexibility index (Phi) is 4.97. The Hall–Kier alpha value is -0.650. The van der Waals surface area contributed by atoms with E-state index >= 15 is 0 Å². The predicted octanol–water partition coefficient (Wildman–Crippen LogP) is 0.106. The predicted molar refractivity (Wildman–Crippen MR) is 68.3 cm³/mol. The minimum Gasteiger partial charge on any atom is -0.384 e. The lowest BCUT2D eigenvalue weighted by Crippen LogP contribution is -2.48. The highest BCUT2D eigenvalue weighted by Crippen LogP contribution is 2.22. The van der Waals surface area contributed by atoms with Crippen molar-refractivity contribution in [1.82, 2.24) is 10.2 Å². The van der Waals surface area contributed by atoms with Gasteiger partial charge in [-0.1, -0.05) is 0 Å². The summed E-state index contributed by atoms with van der Waals surface area (Å²) in [6.45, 7) is 3.66. The van der Waals surface area contributed by atoms with Crippen LogP contribution in [0.5, 0.6) is 0 Å². The molecule has 104 valence electrons. The molecule has 2 rings (SSSR count). The number of carbonyl (C=O) groups excluding carboxylic acids is 1. The van der Waals surface area contributed by atoms with Gasteiger partial charge in [-0.15, -0.1) is 0 Å². The summed E-state index contributed by atoms with van der Waals surface area (Å²) in [6, 6.07) is 0.167. The number of amides is 1. The molecule has 2 heterocycles. The van der Waals surface area contributed by atoms with Crippen LogP contribution in [-0.4, -0.2) is 63.9 Å². The van der Waals surface area contributed by atoms with Crippen molar-refractivity contribution in [3.05, 3.63) is 0 Å². The van der Waals surface area contributed by atoms with E-state index in [1.165, 1.54) is 0 Å². The number of hydrogen-bond donors (Lipinski definition) is 1. The molecule has 0 aromatic heterocycles. The highest BCUT2D eigenvalue weighted by atomic mass is 16.5. The molecule has 1 N–H and O–H groups in total. The van der Waals surface area contributed by atoms with Crippen LogP contribution in [-0.2, 0) is 14.3 Å². The second kappa shape index (κ2) is 6.50. The van der Waals surface area contributed by atoms with Crippen LogP contribution in [0.25, 0.3) is 0 Å². The quantitative estimate of drug-likeness (QED) is 0.775. The number of hydrogen-bond acceptors (Lipinski definition) is 4. The van der Waals surface area contributed by atoms with Crippen LogP contribution in [0.15, 0.2) is 0 Å². The van der Waals surface area contributed by atoms with Gasteiger partial charge in [0, 0.05) is 26.2 Å². The van der Waals surface area contributed by atoms with Gasteiger partial charge < -0.3 is 19.7 Å². The van der Waals surface area contributed by atoms with Gasteiger partial charge in [0.15, 0.2) is 0 Å². The first-order valence-corrected chi connectivity index (χ1v) is 6.79. The van der Waals surface area contributed by atoms with Gasteiger partial charge in [-0.3, -0.25) is 4.79 Å². The van der Waals surface area contributed by atoms with E-state index in [2.05, 4.69) is 5.32 Å². The number of carbonyl (C=O) groups is 1. The molecule has 18 heavy (non-hydrogen) atoms. The Morgan fingerprint density at radius 2 is 2.33 bits per heavy atom. The molecule has 0 saturated carbocycles. The highest BCUT2D eigenvalue weighted by molar-refractivity contribution is 5.80. The molecular weight excluding hydrogens is 232 g/mol. The maximum atomic E-state index is 12.5. The summed E-state index contributed by atoms with van der Waals surface area (Å²) in [7, 11) is 3.62. The zero-order chi connectivity index (χ0) is 13.0. The van der Waals surface area contributed by atoms with E-state index in [1.54, 1.807) is 7.11 Å². The Balaban J connectivity index is 1.91. The van der Waals surface area contributed by atoms with Gasteiger partial charge in [0.25, 0.3) is 0 Å². The molecule has 2 saturated heterocycles. The van der Waals surface area contributed by atoms with E-state index < -0.39 is 0 Å². The Bertz CT molecular complexity index is 283. The van der Waals surface area contributed by atoms with Gasteiger partial charge in [-0.25, -0.2) is 0 Å². The fourth-order valence-corrected chi connectivity index (χ4v) is 2.95. The summed E-state index contributed by atoms with van der Waals surface area (Å²) in [5.41, 5.74) is 0. The number of piperidine rings is 1. The van der Waals surface area contributed by atoms with Crippen molar-refractivity contribution in [1.29, 1.82) is 0 Å². The molecule has 3 unspecified atom stereocenters. The first-order valence-electron chi connectivity index (χ1n) is 6.79. The first-order chi connectivity index (χ1) is 8.76. The third-order valence-corrected chi connectivity index (χ3v) is 4.00. The van der Waals surface area contributed by atoms with E-state index in [4.69, 9.17) is 9.47 Å². The maximum absolute atomic E-state index is 12.5. The zero-order valence-electron chi connectivity index (χ0n) is 11.4. The average Bonchev–Trinajstić information content (AvgIpc) is 2.87. The fraction of sp³-hybridized carbons (Fsp3) is 0.923. The van der Waals surface area contributed by atoms with Gasteiger partial charge >= 0.3 is 0 Å². The van der Waals surface area contributed by atoms with Crippen LogP contribution >= 0.6 is 0 Å². The molecule has 2 aliphatic heterocycles. The number of nitrogens with one attached hydrogen (secondary N) is 1. The summed E-state index contributed by atoms with van der Waals surface area (Å²) in [4.78, 5) is 14.5. The van der Waals surface area contributed by atoms with Crippen molar-refractivity contribution in [2.75, 3.05) is 47.1 Å². The molecule has 2 aliphatic rings. The van der Waals surface area contributed by atoms with Crippen LogP contribution in [0.3, 0.4) is 0 Å². The number of methoxy groups -OCH3 is 1. The minimum absolute atomic E-state index is 0.0173. The van der Waals surface area contributed by atoms with E-state index in [9.17, 15) is 4.79 Å². The molecular formula is C13H24N2O3. The van der Waals surface area contributed by atoms with Gasteiger partial charge in [0.2, 0.25) is 5.91 Å². The lowest BCUT2D eigenvalue weighted by molar-refractivity contribution is -0.138. The van der Waals surface area contributed by atoms with E-state index in [-0.39, 0.29) is 17.9 Å². The second-order valence-corrected chi connectivity index (χ2v) is 5.29. The van der Waals surface area contributed by atoms with Crippen molar-refractivity contribution in [3.8, 4) is 0 Å². The second-order valence-electron chi connectivity index (χ2n) is 5.29. The summed E-state index contributed by atoms with van der Waals surface area (Å²) < 4.78 is 10.6. The number of likely N-dealkylation sites (tertiary alicyclic amines) is 1. The zero-order valence-corrected chi connectivity index (χ0v) is 11.4. The van der Waals surface area contributed by atoms with Gasteiger partial charge in [0.1, 0.15) is 0 Å². The Labute approximate surface area is 109 Å². The topological polar surface area (TPSA) is 50.8 Å². The lowest BCUT2D eigenvalue weighted by Gasteiger charge is -2.34. The van der Waals surface area contributed by atoms with Crippen LogP contribution in [0.2, 0.25) is 0 Å². The van der Waals surface area contributed by atoms with Crippen molar-refractivity contribution >= 4 is 5.91 Å². The average molecular weight is 256 g/mol. The molecule has 0 bridgehead atoms. The molecule has 0 aromatic carbocycles. The molecule has 2 fully saturated rings. The van der Waals surface area contributed by atoms with Crippen LogP contribution in [0.4, 0.5) is 0 Å². The van der Waals surface area contributed by atoms with Crippen molar-refractivity contribution in [3.63, 3.8) is 0 Å². The van der Waals surface area contributed by atoms with Crippen LogP contribution < -0.4 is 5.32 Å². The van der Waals surface area contributed by atoms with Gasteiger partial charge in [-0.2, -0.15) is 0 Å². The molecule has 1 amide bonds. The van der Waals surface area contributed by atoms with Crippen molar-refractivity contribution < 1.29 is 14.3 Å². The van der Waals surface area contributed by atoms with Crippen molar-refractivity contribution in [2.24, 2.45) is 11.8 Å². The number of rotatable bonds is 4. The van der Waals surface area contributed by atoms with Gasteiger partial charge in [-0.05, 0) is 25.8 Å². The molecule has 0 aliphatic carbocycles. The fourth-order valence-electron chi connectivity index (χ4n) is 2.95. The molecule has 0 radical (unpaired) electrons. The van der Waals surface area contributed by atoms with E-state index in [0.29, 0.717) is 19.1 Å². The smallest absolute Gasteiger partial charge is 0.229 e. The summed E-state index contributed by atoms with van der Waals surface area (Å²) in [5.74, 6) is 0.715. The van der Waals surface area contributed by atoms with Crippen molar-refractivity contribution in [2.45, 2.75) is 18.9 Å². The van der Waals surface area contributed by atoms with E-state index in [0.717, 1.165) is 32.5 Å². The normalized spacial score (nSPS) is 32.8. The SMILES string of the molecule is CNC1COCC1C(=O)N1CCCC(COC)C1. The maximum Gasteiger partial charge on any atom is 0.229 e. The number of ether oxygens (including phenoxy) is 2.